The van der Waals surface area contributed by atoms with Gasteiger partial charge in [0, 0.05) is 13.2 Å². The van der Waals surface area contributed by atoms with Gasteiger partial charge in [-0.15, -0.1) is 0 Å². The Labute approximate surface area is 76.3 Å². The van der Waals surface area contributed by atoms with Crippen molar-refractivity contribution >= 4 is 5.69 Å². The summed E-state index contributed by atoms with van der Waals surface area (Å²) in [5.74, 6) is 0. The van der Waals surface area contributed by atoms with E-state index in [1.54, 1.807) is 25.1 Å². The summed E-state index contributed by atoms with van der Waals surface area (Å²) in [5, 5.41) is 10.6. The first-order valence-electron chi connectivity index (χ1n) is 3.93. The zero-order valence-corrected chi connectivity index (χ0v) is 7.56. The molecule has 0 amide bonds. The van der Waals surface area contributed by atoms with Gasteiger partial charge in [-0.05, 0) is 13.0 Å². The number of hydrogen-bond donors (Lipinski definition) is 0. The van der Waals surface area contributed by atoms with Crippen LogP contribution in [0, 0.1) is 10.1 Å². The van der Waals surface area contributed by atoms with E-state index in [1.165, 1.54) is 13.2 Å². The number of nitro benzene ring substituents is 1. The topological polar surface area (TPSA) is 52.4 Å². The van der Waals surface area contributed by atoms with Gasteiger partial charge in [0.2, 0.25) is 0 Å². The van der Waals surface area contributed by atoms with E-state index in [2.05, 4.69) is 0 Å². The van der Waals surface area contributed by atoms with Gasteiger partial charge in [-0.2, -0.15) is 0 Å². The summed E-state index contributed by atoms with van der Waals surface area (Å²) in [6, 6.07) is 6.58. The molecule has 70 valence electrons. The first-order chi connectivity index (χ1) is 6.16. The van der Waals surface area contributed by atoms with Gasteiger partial charge in [0.25, 0.3) is 5.69 Å². The Bertz CT molecular complexity index is 311. The molecule has 0 saturated heterocycles. The maximum Gasteiger partial charge on any atom is 0.275 e. The lowest BCUT2D eigenvalue weighted by atomic mass is 10.1. The van der Waals surface area contributed by atoms with Crippen LogP contribution in [0.25, 0.3) is 0 Å². The van der Waals surface area contributed by atoms with Gasteiger partial charge in [-0.1, -0.05) is 12.1 Å². The van der Waals surface area contributed by atoms with Gasteiger partial charge in [-0.25, -0.2) is 0 Å². The number of nitrogens with zero attached hydrogens (tertiary/aromatic N) is 1. The van der Waals surface area contributed by atoms with Crippen LogP contribution >= 0.6 is 0 Å². The molecule has 4 heteroatoms. The SMILES string of the molecule is CO[C@H](C)c1ccccc1[N+](=O)[O-]. The fourth-order valence-electron chi connectivity index (χ4n) is 1.12. The van der Waals surface area contributed by atoms with Crippen molar-refractivity contribution in [2.75, 3.05) is 7.11 Å². The van der Waals surface area contributed by atoms with Crippen LogP contribution in [-0.2, 0) is 4.74 Å². The maximum atomic E-state index is 10.6. The second-order valence-electron chi connectivity index (χ2n) is 2.69. The summed E-state index contributed by atoms with van der Waals surface area (Å²) in [7, 11) is 1.53. The van der Waals surface area contributed by atoms with Crippen molar-refractivity contribution in [1.29, 1.82) is 0 Å². The predicted octanol–water partition coefficient (Wildman–Crippen LogP) is 2.30. The molecule has 4 nitrogen and oxygen atoms in total. The predicted molar refractivity (Wildman–Crippen MR) is 48.5 cm³/mol. The van der Waals surface area contributed by atoms with E-state index in [1.807, 2.05) is 0 Å². The molecular weight excluding hydrogens is 170 g/mol. The van der Waals surface area contributed by atoms with Gasteiger partial charge in [0.05, 0.1) is 16.6 Å². The quantitative estimate of drug-likeness (QED) is 0.531. The third kappa shape index (κ3) is 2.03. The second-order valence-corrected chi connectivity index (χ2v) is 2.69. The molecule has 0 radical (unpaired) electrons. The van der Waals surface area contributed by atoms with Crippen LogP contribution in [0.15, 0.2) is 24.3 Å². The highest BCUT2D eigenvalue weighted by atomic mass is 16.6. The van der Waals surface area contributed by atoms with Crippen LogP contribution in [-0.4, -0.2) is 12.0 Å². The average molecular weight is 181 g/mol. The van der Waals surface area contributed by atoms with Gasteiger partial charge >= 0.3 is 0 Å². The highest BCUT2D eigenvalue weighted by Crippen LogP contribution is 2.25. The second kappa shape index (κ2) is 4.00. The number of ether oxygens (including phenoxy) is 1. The molecule has 1 atom stereocenters. The molecule has 0 aliphatic rings. The summed E-state index contributed by atoms with van der Waals surface area (Å²) in [6.45, 7) is 1.78. The summed E-state index contributed by atoms with van der Waals surface area (Å²) in [5.41, 5.74) is 0.715. The molecule has 0 bridgehead atoms. The van der Waals surface area contributed by atoms with Gasteiger partial charge in [-0.3, -0.25) is 10.1 Å². The summed E-state index contributed by atoms with van der Waals surface area (Å²) >= 11 is 0. The standard InChI is InChI=1S/C9H11NO3/c1-7(13-2)8-5-3-4-6-9(8)10(11)12/h3-7H,1-2H3/t7-/m1/s1. The Morgan fingerprint density at radius 1 is 1.46 bits per heavy atom. The van der Waals surface area contributed by atoms with E-state index in [0.29, 0.717) is 5.56 Å². The number of rotatable bonds is 3. The van der Waals surface area contributed by atoms with E-state index in [0.717, 1.165) is 0 Å². The van der Waals surface area contributed by atoms with Crippen molar-refractivity contribution in [3.8, 4) is 0 Å². The van der Waals surface area contributed by atoms with Crippen LogP contribution in [0.4, 0.5) is 5.69 Å². The van der Waals surface area contributed by atoms with Gasteiger partial charge in [0.15, 0.2) is 0 Å². The molecule has 0 N–H and O–H groups in total. The minimum Gasteiger partial charge on any atom is -0.377 e. The van der Waals surface area contributed by atoms with Crippen molar-refractivity contribution in [2.45, 2.75) is 13.0 Å². The van der Waals surface area contributed by atoms with Crippen LogP contribution in [0.1, 0.15) is 18.6 Å². The highest BCUT2D eigenvalue weighted by Gasteiger charge is 2.16. The molecule has 0 fully saturated rings. The molecule has 1 aromatic rings. The molecule has 1 aromatic carbocycles. The van der Waals surface area contributed by atoms with E-state index in [4.69, 9.17) is 4.74 Å². The number of para-hydroxylation sites is 1. The maximum absolute atomic E-state index is 10.6. The molecule has 0 saturated carbocycles. The number of benzene rings is 1. The molecule has 0 spiro atoms. The summed E-state index contributed by atoms with van der Waals surface area (Å²) in [4.78, 5) is 10.2. The first kappa shape index (κ1) is 9.67. The normalized spacial score (nSPS) is 12.5. The van der Waals surface area contributed by atoms with E-state index >= 15 is 0 Å². The minimum absolute atomic E-state index is 0.108. The fourth-order valence-corrected chi connectivity index (χ4v) is 1.12. The zero-order chi connectivity index (χ0) is 9.84. The van der Waals surface area contributed by atoms with Gasteiger partial charge < -0.3 is 4.74 Å². The lowest BCUT2D eigenvalue weighted by Crippen LogP contribution is -2.00. The van der Waals surface area contributed by atoms with Crippen LogP contribution < -0.4 is 0 Å². The van der Waals surface area contributed by atoms with Crippen LogP contribution in [0.3, 0.4) is 0 Å². The largest absolute Gasteiger partial charge is 0.377 e. The minimum atomic E-state index is -0.398. The molecule has 0 aliphatic heterocycles. The third-order valence-electron chi connectivity index (χ3n) is 1.92. The molecule has 13 heavy (non-hydrogen) atoms. The molecule has 0 heterocycles. The van der Waals surface area contributed by atoms with E-state index < -0.39 is 4.92 Å². The number of hydrogen-bond acceptors (Lipinski definition) is 3. The van der Waals surface area contributed by atoms with Crippen molar-refractivity contribution in [3.05, 3.63) is 39.9 Å². The lowest BCUT2D eigenvalue weighted by molar-refractivity contribution is -0.386. The van der Waals surface area contributed by atoms with Crippen molar-refractivity contribution < 1.29 is 9.66 Å². The molecule has 1 rings (SSSR count). The lowest BCUT2D eigenvalue weighted by Gasteiger charge is -2.09. The van der Waals surface area contributed by atoms with Crippen LogP contribution in [0.2, 0.25) is 0 Å². The van der Waals surface area contributed by atoms with E-state index in [-0.39, 0.29) is 11.8 Å². The Hall–Kier alpha value is -1.42. The third-order valence-corrected chi connectivity index (χ3v) is 1.92. The zero-order valence-electron chi connectivity index (χ0n) is 7.56. The first-order valence-corrected chi connectivity index (χ1v) is 3.93. The number of nitro groups is 1. The molecule has 0 aliphatic carbocycles. The van der Waals surface area contributed by atoms with Gasteiger partial charge in [0.1, 0.15) is 0 Å². The fraction of sp³-hybridized carbons (Fsp3) is 0.333. The Balaban J connectivity index is 3.11. The van der Waals surface area contributed by atoms with Crippen molar-refractivity contribution in [1.82, 2.24) is 0 Å². The Morgan fingerprint density at radius 2 is 2.08 bits per heavy atom. The molecule has 0 aromatic heterocycles. The highest BCUT2D eigenvalue weighted by molar-refractivity contribution is 5.41. The summed E-state index contributed by atoms with van der Waals surface area (Å²) in [6.07, 6.45) is -0.249. The number of methoxy groups -OCH3 is 1. The van der Waals surface area contributed by atoms with E-state index in [9.17, 15) is 10.1 Å². The Kier molecular flexibility index (Phi) is 2.97. The van der Waals surface area contributed by atoms with Crippen LogP contribution in [0.5, 0.6) is 0 Å². The monoisotopic (exact) mass is 181 g/mol. The molecular formula is C9H11NO3. The smallest absolute Gasteiger partial charge is 0.275 e. The molecule has 0 unspecified atom stereocenters. The van der Waals surface area contributed by atoms with Crippen molar-refractivity contribution in [3.63, 3.8) is 0 Å². The average Bonchev–Trinajstić information content (AvgIpc) is 2.16. The van der Waals surface area contributed by atoms with Crippen molar-refractivity contribution in [2.24, 2.45) is 0 Å². The summed E-state index contributed by atoms with van der Waals surface area (Å²) < 4.78 is 5.02. The Morgan fingerprint density at radius 3 is 2.62 bits per heavy atom.